The number of carbonyl (C=O) groups is 1. The fourth-order valence-electron chi connectivity index (χ4n) is 4.00. The van der Waals surface area contributed by atoms with Gasteiger partial charge in [-0.05, 0) is 108 Å². The molecular formula is C31H25IN2O5S2. The molecule has 0 aromatic heterocycles. The van der Waals surface area contributed by atoms with Gasteiger partial charge >= 0.3 is 10.1 Å². The van der Waals surface area contributed by atoms with Gasteiger partial charge in [0.25, 0.3) is 5.91 Å². The standard InChI is InChI=1S/C31H25IN2O5S2/c1-3-38-27-19-22(18-26(32)29(27)39-41(36,37)25-16-14-21(2)15-17-25)20-28-30(35)34(24-12-8-5-9-13-24)31(40-28)33-23-10-6-4-7-11-23/h4-20H,3H2,1-2H3/b28-20+,33-31?. The number of amidine groups is 1. The van der Waals surface area contributed by atoms with Crippen molar-refractivity contribution in [2.45, 2.75) is 18.7 Å². The Bertz CT molecular complexity index is 1740. The maximum atomic E-state index is 13.7. The largest absolute Gasteiger partial charge is 0.490 e. The lowest BCUT2D eigenvalue weighted by atomic mass is 10.2. The number of aryl methyl sites for hydroxylation is 1. The maximum absolute atomic E-state index is 13.7. The summed E-state index contributed by atoms with van der Waals surface area (Å²) in [5.41, 5.74) is 3.03. The fraction of sp³-hybridized carbons (Fsp3) is 0.0968. The molecule has 10 heteroatoms. The second kappa shape index (κ2) is 12.5. The first-order valence-corrected chi connectivity index (χ1v) is 16.0. The SMILES string of the molecule is CCOc1cc(/C=C2/SC(=Nc3ccccc3)N(c3ccccc3)C2=O)cc(I)c1OS(=O)(=O)c1ccc(C)cc1. The normalized spacial score (nSPS) is 15.5. The summed E-state index contributed by atoms with van der Waals surface area (Å²) in [4.78, 5) is 20.5. The average molecular weight is 697 g/mol. The van der Waals surface area contributed by atoms with Crippen molar-refractivity contribution < 1.29 is 22.1 Å². The van der Waals surface area contributed by atoms with Gasteiger partial charge in [0, 0.05) is 0 Å². The summed E-state index contributed by atoms with van der Waals surface area (Å²) in [6.45, 7) is 3.97. The van der Waals surface area contributed by atoms with Gasteiger partial charge in [-0.3, -0.25) is 9.69 Å². The van der Waals surface area contributed by atoms with Crippen molar-refractivity contribution in [1.82, 2.24) is 0 Å². The third kappa shape index (κ3) is 6.66. The Kier molecular flexibility index (Phi) is 8.81. The van der Waals surface area contributed by atoms with Gasteiger partial charge in [0.05, 0.1) is 26.5 Å². The number of halogens is 1. The highest BCUT2D eigenvalue weighted by Gasteiger charge is 2.35. The molecule has 0 radical (unpaired) electrons. The van der Waals surface area contributed by atoms with E-state index in [4.69, 9.17) is 13.9 Å². The molecule has 7 nitrogen and oxygen atoms in total. The molecule has 0 bridgehead atoms. The Morgan fingerprint density at radius 2 is 1.61 bits per heavy atom. The van der Waals surface area contributed by atoms with Crippen LogP contribution in [0.1, 0.15) is 18.1 Å². The molecule has 208 valence electrons. The summed E-state index contributed by atoms with van der Waals surface area (Å²) >= 11 is 3.28. The molecule has 0 atom stereocenters. The molecule has 0 spiro atoms. The predicted octanol–water partition coefficient (Wildman–Crippen LogP) is 7.57. The summed E-state index contributed by atoms with van der Waals surface area (Å²) in [6.07, 6.45) is 1.75. The van der Waals surface area contributed by atoms with Crippen molar-refractivity contribution in [2.24, 2.45) is 4.99 Å². The summed E-state index contributed by atoms with van der Waals surface area (Å²) in [5, 5.41) is 0.530. The molecule has 5 rings (SSSR count). The molecule has 1 amide bonds. The predicted molar refractivity (Wildman–Crippen MR) is 172 cm³/mol. The number of amides is 1. The van der Waals surface area contributed by atoms with E-state index in [1.807, 2.05) is 90.2 Å². The average Bonchev–Trinajstić information content (AvgIpc) is 3.25. The van der Waals surface area contributed by atoms with Crippen molar-refractivity contribution in [3.8, 4) is 11.5 Å². The van der Waals surface area contributed by atoms with Gasteiger partial charge in [0.2, 0.25) is 0 Å². The van der Waals surface area contributed by atoms with Crippen LogP contribution in [0.4, 0.5) is 11.4 Å². The zero-order valence-electron chi connectivity index (χ0n) is 22.2. The number of hydrogen-bond donors (Lipinski definition) is 0. The number of anilines is 1. The van der Waals surface area contributed by atoms with Crippen LogP contribution in [-0.4, -0.2) is 26.1 Å². The molecule has 4 aromatic rings. The third-order valence-electron chi connectivity index (χ3n) is 5.93. The number of nitrogens with zero attached hydrogens (tertiary/aromatic N) is 2. The van der Waals surface area contributed by atoms with Crippen LogP contribution in [-0.2, 0) is 14.9 Å². The van der Waals surface area contributed by atoms with Crippen LogP contribution < -0.4 is 13.8 Å². The maximum Gasteiger partial charge on any atom is 0.339 e. The molecule has 0 N–H and O–H groups in total. The summed E-state index contributed by atoms with van der Waals surface area (Å²) < 4.78 is 37.9. The van der Waals surface area contributed by atoms with Crippen LogP contribution in [0.5, 0.6) is 11.5 Å². The molecule has 1 heterocycles. The topological polar surface area (TPSA) is 85.3 Å². The molecule has 41 heavy (non-hydrogen) atoms. The lowest BCUT2D eigenvalue weighted by Gasteiger charge is -2.15. The molecule has 0 aliphatic carbocycles. The quantitative estimate of drug-likeness (QED) is 0.107. The first-order chi connectivity index (χ1) is 19.7. The number of ether oxygens (including phenoxy) is 1. The minimum atomic E-state index is -4.09. The van der Waals surface area contributed by atoms with E-state index >= 15 is 0 Å². The summed E-state index contributed by atoms with van der Waals surface area (Å²) in [6, 6.07) is 28.7. The van der Waals surface area contributed by atoms with Gasteiger partial charge in [-0.25, -0.2) is 4.99 Å². The van der Waals surface area contributed by atoms with E-state index in [1.165, 1.54) is 23.9 Å². The number of para-hydroxylation sites is 2. The molecule has 4 aromatic carbocycles. The smallest absolute Gasteiger partial charge is 0.339 e. The van der Waals surface area contributed by atoms with Crippen molar-refractivity contribution in [2.75, 3.05) is 11.5 Å². The van der Waals surface area contributed by atoms with Crippen molar-refractivity contribution in [3.63, 3.8) is 0 Å². The zero-order valence-corrected chi connectivity index (χ0v) is 25.9. The zero-order chi connectivity index (χ0) is 29.0. The van der Waals surface area contributed by atoms with Crippen LogP contribution in [0, 0.1) is 10.5 Å². The highest BCUT2D eigenvalue weighted by molar-refractivity contribution is 14.1. The number of thioether (sulfide) groups is 1. The van der Waals surface area contributed by atoms with Gasteiger partial charge in [-0.1, -0.05) is 54.1 Å². The Balaban J connectivity index is 1.52. The first kappa shape index (κ1) is 28.9. The van der Waals surface area contributed by atoms with E-state index in [1.54, 1.807) is 42.2 Å². The van der Waals surface area contributed by atoms with Crippen LogP contribution >= 0.6 is 34.4 Å². The summed E-state index contributed by atoms with van der Waals surface area (Å²) in [5.74, 6) is 0.138. The van der Waals surface area contributed by atoms with E-state index in [2.05, 4.69) is 0 Å². The monoisotopic (exact) mass is 696 g/mol. The molecule has 1 aliphatic heterocycles. The van der Waals surface area contributed by atoms with Crippen molar-refractivity contribution in [1.29, 1.82) is 0 Å². The number of benzene rings is 4. The molecule has 0 unspecified atom stereocenters. The Hall–Kier alpha value is -3.61. The van der Waals surface area contributed by atoms with Crippen LogP contribution in [0.25, 0.3) is 6.08 Å². The molecule has 1 saturated heterocycles. The van der Waals surface area contributed by atoms with Gasteiger partial charge in [0.15, 0.2) is 16.7 Å². The van der Waals surface area contributed by atoms with E-state index in [0.717, 1.165) is 11.3 Å². The van der Waals surface area contributed by atoms with Crippen molar-refractivity contribution in [3.05, 3.63) is 117 Å². The van der Waals surface area contributed by atoms with Crippen LogP contribution in [0.2, 0.25) is 0 Å². The first-order valence-electron chi connectivity index (χ1n) is 12.7. The molecule has 0 saturated carbocycles. The lowest BCUT2D eigenvalue weighted by Crippen LogP contribution is -2.28. The van der Waals surface area contributed by atoms with Gasteiger partial charge < -0.3 is 8.92 Å². The number of hydrogen-bond acceptors (Lipinski definition) is 7. The number of aliphatic imine (C=N–C) groups is 1. The van der Waals surface area contributed by atoms with E-state index < -0.39 is 10.1 Å². The number of rotatable bonds is 8. The lowest BCUT2D eigenvalue weighted by molar-refractivity contribution is -0.113. The van der Waals surface area contributed by atoms with Crippen LogP contribution in [0.3, 0.4) is 0 Å². The van der Waals surface area contributed by atoms with Crippen LogP contribution in [0.15, 0.2) is 112 Å². The van der Waals surface area contributed by atoms with E-state index in [9.17, 15) is 13.2 Å². The second-order valence-corrected chi connectivity index (χ2v) is 12.6. The molecule has 1 fully saturated rings. The minimum absolute atomic E-state index is 0.0479. The Morgan fingerprint density at radius 1 is 0.951 bits per heavy atom. The van der Waals surface area contributed by atoms with Gasteiger partial charge in [0.1, 0.15) is 4.90 Å². The number of carbonyl (C=O) groups excluding carboxylic acids is 1. The fourth-order valence-corrected chi connectivity index (χ4v) is 6.84. The summed E-state index contributed by atoms with van der Waals surface area (Å²) in [7, 11) is -4.09. The third-order valence-corrected chi connectivity index (χ3v) is 8.94. The van der Waals surface area contributed by atoms with E-state index in [-0.39, 0.29) is 22.3 Å². The Morgan fingerprint density at radius 3 is 2.27 bits per heavy atom. The van der Waals surface area contributed by atoms with E-state index in [0.29, 0.717) is 31.5 Å². The van der Waals surface area contributed by atoms with Gasteiger partial charge in [-0.2, -0.15) is 8.42 Å². The molecule has 1 aliphatic rings. The second-order valence-electron chi connectivity index (χ2n) is 8.93. The molecular weight excluding hydrogens is 671 g/mol. The Labute approximate surface area is 257 Å². The minimum Gasteiger partial charge on any atom is -0.490 e. The van der Waals surface area contributed by atoms with Gasteiger partial charge in [-0.15, -0.1) is 0 Å². The van der Waals surface area contributed by atoms with Crippen molar-refractivity contribution >= 4 is 73.0 Å². The highest BCUT2D eigenvalue weighted by Crippen LogP contribution is 2.40. The highest BCUT2D eigenvalue weighted by atomic mass is 127.